The average Bonchev–Trinajstić information content (AvgIpc) is 2.88. The van der Waals surface area contributed by atoms with E-state index in [4.69, 9.17) is 9.26 Å². The van der Waals surface area contributed by atoms with Crippen LogP contribution < -0.4 is 5.32 Å². The maximum Gasteiger partial charge on any atom is 0.226 e. The molecule has 0 aromatic carbocycles. The zero-order chi connectivity index (χ0) is 14.1. The molecule has 110 valence electrons. The van der Waals surface area contributed by atoms with E-state index in [1.807, 2.05) is 6.92 Å². The molecule has 0 saturated heterocycles. The van der Waals surface area contributed by atoms with Gasteiger partial charge in [-0.05, 0) is 39.7 Å². The molecule has 0 radical (unpaired) electrons. The molecule has 0 fully saturated rings. The van der Waals surface area contributed by atoms with Crippen molar-refractivity contribution in [3.63, 3.8) is 0 Å². The van der Waals surface area contributed by atoms with E-state index in [1.165, 1.54) is 0 Å². The van der Waals surface area contributed by atoms with Crippen LogP contribution in [-0.4, -0.2) is 29.3 Å². The van der Waals surface area contributed by atoms with Gasteiger partial charge >= 0.3 is 0 Å². The summed E-state index contributed by atoms with van der Waals surface area (Å²) in [5.74, 6) is 1.38. The molecule has 0 amide bonds. The van der Waals surface area contributed by atoms with Crippen molar-refractivity contribution in [3.05, 3.63) is 11.7 Å². The highest BCUT2D eigenvalue weighted by Crippen LogP contribution is 2.18. The van der Waals surface area contributed by atoms with E-state index in [-0.39, 0.29) is 6.10 Å². The molecule has 0 aliphatic carbocycles. The number of rotatable bonds is 10. The second-order valence-corrected chi connectivity index (χ2v) is 4.79. The standard InChI is InChI=1S/C14H27N3O2/c1-5-10-15-11(4)8-9-13-16-14(17-19-13)12(6-2)18-7-3/h11-12,15H,5-10H2,1-4H3. The normalized spacial score (nSPS) is 14.5. The molecule has 19 heavy (non-hydrogen) atoms. The SMILES string of the molecule is CCCNC(C)CCc1nc(C(CC)OCC)no1. The largest absolute Gasteiger partial charge is 0.370 e. The lowest BCUT2D eigenvalue weighted by Gasteiger charge is -2.11. The fourth-order valence-corrected chi connectivity index (χ4v) is 1.91. The van der Waals surface area contributed by atoms with E-state index in [2.05, 4.69) is 36.2 Å². The molecule has 1 heterocycles. The molecule has 0 spiro atoms. The number of hydrogen-bond donors (Lipinski definition) is 1. The maximum atomic E-state index is 5.57. The van der Waals surface area contributed by atoms with Gasteiger partial charge < -0.3 is 14.6 Å². The van der Waals surface area contributed by atoms with Crippen LogP contribution in [0, 0.1) is 0 Å². The van der Waals surface area contributed by atoms with Crippen LogP contribution in [0.3, 0.4) is 0 Å². The highest BCUT2D eigenvalue weighted by molar-refractivity contribution is 4.91. The summed E-state index contributed by atoms with van der Waals surface area (Å²) in [5.41, 5.74) is 0. The predicted molar refractivity (Wildman–Crippen MR) is 75.0 cm³/mol. The minimum Gasteiger partial charge on any atom is -0.370 e. The Bertz CT molecular complexity index is 341. The first-order valence-corrected chi connectivity index (χ1v) is 7.38. The third kappa shape index (κ3) is 5.70. The van der Waals surface area contributed by atoms with Crippen molar-refractivity contribution in [2.24, 2.45) is 0 Å². The Balaban J connectivity index is 2.41. The first-order valence-electron chi connectivity index (χ1n) is 7.38. The monoisotopic (exact) mass is 269 g/mol. The van der Waals surface area contributed by atoms with Crippen LogP contribution in [-0.2, 0) is 11.2 Å². The van der Waals surface area contributed by atoms with E-state index in [0.29, 0.717) is 24.4 Å². The Morgan fingerprint density at radius 3 is 2.74 bits per heavy atom. The molecule has 2 unspecified atom stereocenters. The molecule has 5 heteroatoms. The van der Waals surface area contributed by atoms with Crippen molar-refractivity contribution >= 4 is 0 Å². The molecule has 1 aromatic rings. The van der Waals surface area contributed by atoms with Gasteiger partial charge in [-0.3, -0.25) is 0 Å². The Morgan fingerprint density at radius 2 is 2.11 bits per heavy atom. The number of aryl methyl sites for hydroxylation is 1. The van der Waals surface area contributed by atoms with Gasteiger partial charge in [0, 0.05) is 19.1 Å². The first kappa shape index (κ1) is 16.1. The summed E-state index contributed by atoms with van der Waals surface area (Å²) in [4.78, 5) is 4.42. The molecule has 5 nitrogen and oxygen atoms in total. The lowest BCUT2D eigenvalue weighted by molar-refractivity contribution is 0.0518. The summed E-state index contributed by atoms with van der Waals surface area (Å²) in [6.45, 7) is 10.1. The van der Waals surface area contributed by atoms with Crippen molar-refractivity contribution < 1.29 is 9.26 Å². The number of nitrogens with one attached hydrogen (secondary N) is 1. The third-order valence-corrected chi connectivity index (χ3v) is 3.04. The highest BCUT2D eigenvalue weighted by Gasteiger charge is 2.16. The van der Waals surface area contributed by atoms with Crippen LogP contribution in [0.2, 0.25) is 0 Å². The van der Waals surface area contributed by atoms with Gasteiger partial charge in [-0.15, -0.1) is 0 Å². The fourth-order valence-electron chi connectivity index (χ4n) is 1.91. The van der Waals surface area contributed by atoms with E-state index >= 15 is 0 Å². The van der Waals surface area contributed by atoms with Crippen molar-refractivity contribution in [2.75, 3.05) is 13.2 Å². The Kier molecular flexibility index (Phi) is 7.67. The molecule has 0 bridgehead atoms. The second kappa shape index (κ2) is 9.04. The van der Waals surface area contributed by atoms with Gasteiger partial charge in [-0.2, -0.15) is 4.98 Å². The minimum absolute atomic E-state index is 0.0434. The van der Waals surface area contributed by atoms with Crippen molar-refractivity contribution in [1.29, 1.82) is 0 Å². The summed E-state index contributed by atoms with van der Waals surface area (Å²) in [5, 5.41) is 7.46. The maximum absolute atomic E-state index is 5.57. The molecule has 1 rings (SSSR count). The molecule has 2 atom stereocenters. The highest BCUT2D eigenvalue weighted by atomic mass is 16.5. The summed E-state index contributed by atoms with van der Waals surface area (Å²) in [6.07, 6.45) is 3.79. The van der Waals surface area contributed by atoms with E-state index in [1.54, 1.807) is 0 Å². The van der Waals surface area contributed by atoms with Gasteiger partial charge in [0.2, 0.25) is 11.7 Å². The predicted octanol–water partition coefficient (Wildman–Crippen LogP) is 2.88. The Hall–Kier alpha value is -0.940. The molecule has 0 saturated carbocycles. The van der Waals surface area contributed by atoms with Gasteiger partial charge in [0.15, 0.2) is 0 Å². The van der Waals surface area contributed by atoms with Crippen molar-refractivity contribution in [3.8, 4) is 0 Å². The van der Waals surface area contributed by atoms with Crippen LogP contribution in [0.1, 0.15) is 64.8 Å². The molecule has 0 aliphatic heterocycles. The van der Waals surface area contributed by atoms with Gasteiger partial charge in [-0.25, -0.2) is 0 Å². The summed E-state index contributed by atoms with van der Waals surface area (Å²) in [7, 11) is 0. The number of hydrogen-bond acceptors (Lipinski definition) is 5. The smallest absolute Gasteiger partial charge is 0.226 e. The van der Waals surface area contributed by atoms with Gasteiger partial charge in [0.05, 0.1) is 0 Å². The summed E-state index contributed by atoms with van der Waals surface area (Å²) < 4.78 is 10.9. The lowest BCUT2D eigenvalue weighted by atomic mass is 10.2. The minimum atomic E-state index is -0.0434. The van der Waals surface area contributed by atoms with Crippen LogP contribution in [0.5, 0.6) is 0 Å². The molecular formula is C14H27N3O2. The fraction of sp³-hybridized carbons (Fsp3) is 0.857. The first-order chi connectivity index (χ1) is 9.21. The van der Waals surface area contributed by atoms with E-state index in [0.717, 1.165) is 32.2 Å². The van der Waals surface area contributed by atoms with Crippen LogP contribution in [0.4, 0.5) is 0 Å². The van der Waals surface area contributed by atoms with Crippen molar-refractivity contribution in [1.82, 2.24) is 15.5 Å². The quantitative estimate of drug-likeness (QED) is 0.707. The third-order valence-electron chi connectivity index (χ3n) is 3.04. The molecule has 1 aromatic heterocycles. The lowest BCUT2D eigenvalue weighted by Crippen LogP contribution is -2.27. The van der Waals surface area contributed by atoms with E-state index < -0.39 is 0 Å². The zero-order valence-corrected chi connectivity index (χ0v) is 12.6. The second-order valence-electron chi connectivity index (χ2n) is 4.79. The van der Waals surface area contributed by atoms with Crippen molar-refractivity contribution in [2.45, 2.75) is 65.5 Å². The zero-order valence-electron chi connectivity index (χ0n) is 12.6. The van der Waals surface area contributed by atoms with Gasteiger partial charge in [-0.1, -0.05) is 19.0 Å². The topological polar surface area (TPSA) is 60.2 Å². The number of aromatic nitrogens is 2. The van der Waals surface area contributed by atoms with Crippen LogP contribution >= 0.6 is 0 Å². The van der Waals surface area contributed by atoms with Crippen LogP contribution in [0.15, 0.2) is 4.52 Å². The summed E-state index contributed by atoms with van der Waals surface area (Å²) in [6, 6.07) is 0.476. The van der Waals surface area contributed by atoms with Gasteiger partial charge in [0.25, 0.3) is 0 Å². The number of ether oxygens (including phenoxy) is 1. The Morgan fingerprint density at radius 1 is 1.32 bits per heavy atom. The average molecular weight is 269 g/mol. The molecule has 0 aliphatic rings. The summed E-state index contributed by atoms with van der Waals surface area (Å²) >= 11 is 0. The van der Waals surface area contributed by atoms with Crippen LogP contribution in [0.25, 0.3) is 0 Å². The molecular weight excluding hydrogens is 242 g/mol. The van der Waals surface area contributed by atoms with E-state index in [9.17, 15) is 0 Å². The molecule has 1 N–H and O–H groups in total. The van der Waals surface area contributed by atoms with Gasteiger partial charge in [0.1, 0.15) is 6.10 Å². The number of nitrogens with zero attached hydrogens (tertiary/aromatic N) is 2. The Labute approximate surface area is 116 Å².